The first-order valence-corrected chi connectivity index (χ1v) is 11.0. The van der Waals surface area contributed by atoms with E-state index in [0.717, 1.165) is 28.8 Å². The van der Waals surface area contributed by atoms with Gasteiger partial charge >= 0.3 is 0 Å². The molecule has 0 aliphatic carbocycles. The molecule has 1 aromatic heterocycles. The predicted octanol–water partition coefficient (Wildman–Crippen LogP) is 5.03. The second-order valence-electron chi connectivity index (χ2n) is 8.15. The van der Waals surface area contributed by atoms with E-state index in [0.29, 0.717) is 12.6 Å². The van der Waals surface area contributed by atoms with Crippen LogP contribution in [0, 0.1) is 18.6 Å². The van der Waals surface area contributed by atoms with E-state index >= 15 is 0 Å². The Labute approximate surface area is 201 Å². The fourth-order valence-electron chi connectivity index (χ4n) is 3.52. The van der Waals surface area contributed by atoms with Gasteiger partial charge in [-0.25, -0.2) is 8.78 Å². The number of hydrogen-bond acceptors (Lipinski definition) is 4. The van der Waals surface area contributed by atoms with Gasteiger partial charge in [0.2, 0.25) is 0 Å². The Hall–Kier alpha value is -4.33. The molecular weight excluding hydrogens is 452 g/mol. The van der Waals surface area contributed by atoms with Crippen LogP contribution in [0.5, 0.6) is 0 Å². The molecule has 4 aromatic rings. The van der Waals surface area contributed by atoms with Gasteiger partial charge in [-0.15, -0.1) is 0 Å². The van der Waals surface area contributed by atoms with Crippen LogP contribution in [-0.4, -0.2) is 21.9 Å². The van der Waals surface area contributed by atoms with Gasteiger partial charge in [0, 0.05) is 30.8 Å². The van der Waals surface area contributed by atoms with Gasteiger partial charge in [0.15, 0.2) is 11.5 Å². The van der Waals surface area contributed by atoms with Crippen molar-refractivity contribution in [2.24, 2.45) is 0 Å². The molecule has 0 saturated heterocycles. The fraction of sp³-hybridized carbons (Fsp3) is 0.148. The maximum Gasteiger partial charge on any atom is 0.273 e. The molecule has 0 saturated carbocycles. The predicted molar refractivity (Wildman–Crippen MR) is 125 cm³/mol. The number of aryl methyl sites for hydroxylation is 1. The van der Waals surface area contributed by atoms with E-state index in [9.17, 15) is 18.4 Å². The van der Waals surface area contributed by atoms with Crippen LogP contribution < -0.4 is 5.32 Å². The van der Waals surface area contributed by atoms with E-state index < -0.39 is 23.4 Å². The fourth-order valence-corrected chi connectivity index (χ4v) is 3.52. The molecule has 8 heteroatoms. The van der Waals surface area contributed by atoms with E-state index in [1.165, 1.54) is 11.0 Å². The van der Waals surface area contributed by atoms with Gasteiger partial charge in [0.1, 0.15) is 11.6 Å². The highest BCUT2D eigenvalue weighted by Gasteiger charge is 2.21. The summed E-state index contributed by atoms with van der Waals surface area (Å²) in [6.07, 6.45) is 0. The van der Waals surface area contributed by atoms with Crippen molar-refractivity contribution in [3.05, 3.63) is 124 Å². The number of halogens is 2. The van der Waals surface area contributed by atoms with Crippen molar-refractivity contribution in [2.75, 3.05) is 0 Å². The summed E-state index contributed by atoms with van der Waals surface area (Å²) in [5.41, 5.74) is 2.81. The maximum atomic E-state index is 13.7. The van der Waals surface area contributed by atoms with E-state index in [2.05, 4.69) is 10.5 Å². The number of nitrogens with one attached hydrogen (secondary N) is 1. The quantitative estimate of drug-likeness (QED) is 0.388. The molecular formula is C27H23F2N3O3. The Morgan fingerprint density at radius 1 is 0.886 bits per heavy atom. The lowest BCUT2D eigenvalue weighted by Gasteiger charge is -2.22. The zero-order valence-corrected chi connectivity index (χ0v) is 19.0. The highest BCUT2D eigenvalue weighted by molar-refractivity contribution is 5.94. The van der Waals surface area contributed by atoms with Crippen LogP contribution in [0.2, 0.25) is 0 Å². The second-order valence-corrected chi connectivity index (χ2v) is 8.15. The minimum atomic E-state index is -0.847. The first-order chi connectivity index (χ1) is 16.9. The van der Waals surface area contributed by atoms with Crippen LogP contribution in [0.3, 0.4) is 0 Å². The van der Waals surface area contributed by atoms with Gasteiger partial charge in [-0.3, -0.25) is 9.59 Å². The Morgan fingerprint density at radius 3 is 2.26 bits per heavy atom. The molecule has 178 valence electrons. The number of carbonyl (C=O) groups is 2. The maximum absolute atomic E-state index is 13.7. The summed E-state index contributed by atoms with van der Waals surface area (Å²) in [6.45, 7) is 2.42. The minimum Gasteiger partial charge on any atom is -0.359 e. The summed E-state index contributed by atoms with van der Waals surface area (Å²) in [5.74, 6) is -2.45. The summed E-state index contributed by atoms with van der Waals surface area (Å²) in [5, 5.41) is 6.59. The highest BCUT2D eigenvalue weighted by Crippen LogP contribution is 2.17. The summed E-state index contributed by atoms with van der Waals surface area (Å²) in [6, 6.07) is 21.0. The summed E-state index contributed by atoms with van der Waals surface area (Å²) in [7, 11) is 0. The number of amides is 2. The Balaban J connectivity index is 1.49. The molecule has 35 heavy (non-hydrogen) atoms. The topological polar surface area (TPSA) is 75.4 Å². The van der Waals surface area contributed by atoms with Crippen LogP contribution in [0.15, 0.2) is 83.4 Å². The van der Waals surface area contributed by atoms with Gasteiger partial charge in [-0.1, -0.05) is 65.3 Å². The standard InChI is InChI=1S/C27H23F2N3O3/c1-18-7-9-19(10-8-18)15-30-26(33)25-14-24(35-31-25)17-32(16-20-5-3-2-4-6-20)27(34)21-11-22(28)13-23(29)12-21/h2-14H,15-17H2,1H3,(H,30,33). The van der Waals surface area contributed by atoms with Gasteiger partial charge in [0.05, 0.1) is 6.54 Å². The molecule has 2 amide bonds. The van der Waals surface area contributed by atoms with Crippen LogP contribution in [0.25, 0.3) is 0 Å². The average molecular weight is 475 g/mol. The molecule has 0 radical (unpaired) electrons. The van der Waals surface area contributed by atoms with E-state index in [4.69, 9.17) is 4.52 Å². The summed E-state index contributed by atoms with van der Waals surface area (Å²) >= 11 is 0. The largest absolute Gasteiger partial charge is 0.359 e. The molecule has 0 spiro atoms. The second kappa shape index (κ2) is 10.7. The van der Waals surface area contributed by atoms with E-state index in [-0.39, 0.29) is 30.1 Å². The molecule has 0 bridgehead atoms. The molecule has 0 aliphatic rings. The average Bonchev–Trinajstić information content (AvgIpc) is 3.31. The van der Waals surface area contributed by atoms with Crippen molar-refractivity contribution in [2.45, 2.75) is 26.6 Å². The molecule has 4 rings (SSSR count). The lowest BCUT2D eigenvalue weighted by atomic mass is 10.1. The third-order valence-corrected chi connectivity index (χ3v) is 5.32. The van der Waals surface area contributed by atoms with Gasteiger partial charge in [-0.2, -0.15) is 0 Å². The molecule has 1 N–H and O–H groups in total. The summed E-state index contributed by atoms with van der Waals surface area (Å²) in [4.78, 5) is 27.0. The molecule has 0 atom stereocenters. The lowest BCUT2D eigenvalue weighted by molar-refractivity contribution is 0.0712. The van der Waals surface area contributed by atoms with Crippen LogP contribution in [0.1, 0.15) is 43.3 Å². The van der Waals surface area contributed by atoms with Crippen molar-refractivity contribution in [3.63, 3.8) is 0 Å². The van der Waals surface area contributed by atoms with Crippen LogP contribution in [0.4, 0.5) is 8.78 Å². The van der Waals surface area contributed by atoms with E-state index in [1.807, 2.05) is 61.5 Å². The van der Waals surface area contributed by atoms with Crippen molar-refractivity contribution in [1.29, 1.82) is 0 Å². The van der Waals surface area contributed by atoms with Crippen molar-refractivity contribution < 1.29 is 22.9 Å². The Morgan fingerprint density at radius 2 is 1.57 bits per heavy atom. The molecule has 0 fully saturated rings. The highest BCUT2D eigenvalue weighted by atomic mass is 19.1. The number of aromatic nitrogens is 1. The zero-order valence-electron chi connectivity index (χ0n) is 19.0. The van der Waals surface area contributed by atoms with Crippen LogP contribution >= 0.6 is 0 Å². The molecule has 3 aromatic carbocycles. The first kappa shape index (κ1) is 23.8. The Kier molecular flexibility index (Phi) is 7.30. The summed E-state index contributed by atoms with van der Waals surface area (Å²) < 4.78 is 32.8. The number of hydrogen-bond donors (Lipinski definition) is 1. The number of rotatable bonds is 8. The normalized spacial score (nSPS) is 10.7. The van der Waals surface area contributed by atoms with Gasteiger partial charge in [-0.05, 0) is 30.2 Å². The third kappa shape index (κ3) is 6.38. The number of carbonyl (C=O) groups excluding carboxylic acids is 2. The molecule has 0 unspecified atom stereocenters. The van der Waals surface area contributed by atoms with Gasteiger partial charge in [0.25, 0.3) is 11.8 Å². The zero-order chi connectivity index (χ0) is 24.8. The van der Waals surface area contributed by atoms with Crippen molar-refractivity contribution >= 4 is 11.8 Å². The smallest absolute Gasteiger partial charge is 0.273 e. The minimum absolute atomic E-state index is 0.0515. The molecule has 0 aliphatic heterocycles. The van der Waals surface area contributed by atoms with Gasteiger partial charge < -0.3 is 14.7 Å². The molecule has 1 heterocycles. The number of benzene rings is 3. The monoisotopic (exact) mass is 475 g/mol. The van der Waals surface area contributed by atoms with E-state index in [1.54, 1.807) is 0 Å². The van der Waals surface area contributed by atoms with Crippen molar-refractivity contribution in [1.82, 2.24) is 15.4 Å². The number of nitrogens with zero attached hydrogens (tertiary/aromatic N) is 2. The molecule has 6 nitrogen and oxygen atoms in total. The SMILES string of the molecule is Cc1ccc(CNC(=O)c2cc(CN(Cc3ccccc3)C(=O)c3cc(F)cc(F)c3)on2)cc1. The first-order valence-electron chi connectivity index (χ1n) is 11.0. The van der Waals surface area contributed by atoms with Crippen molar-refractivity contribution in [3.8, 4) is 0 Å². The lowest BCUT2D eigenvalue weighted by Crippen LogP contribution is -2.30. The third-order valence-electron chi connectivity index (χ3n) is 5.32. The Bertz CT molecular complexity index is 1300. The van der Waals surface area contributed by atoms with Crippen LogP contribution in [-0.2, 0) is 19.6 Å².